The first-order valence-electron chi connectivity index (χ1n) is 30.4. The van der Waals surface area contributed by atoms with Crippen molar-refractivity contribution in [1.82, 2.24) is 0 Å². The normalized spacial score (nSPS) is 17.9. The molecule has 0 aromatic heterocycles. The fraction of sp³-hybridized carbons (Fsp3) is 0.351. The minimum absolute atomic E-state index is 0.134. The van der Waals surface area contributed by atoms with E-state index < -0.39 is 12.2 Å². The summed E-state index contributed by atoms with van der Waals surface area (Å²) >= 11 is 0. The first-order valence-corrected chi connectivity index (χ1v) is 30.4. The van der Waals surface area contributed by atoms with Gasteiger partial charge in [0.25, 0.3) is 0 Å². The maximum Gasteiger partial charge on any atom is 0.122 e. The molecule has 14 nitrogen and oxygen atoms in total. The molecule has 4 fully saturated rings. The Balaban J connectivity index is 0.000000183. The van der Waals surface area contributed by atoms with Gasteiger partial charge in [-0.2, -0.15) is 0 Å². The monoisotopic (exact) mass is 1190 g/mol. The van der Waals surface area contributed by atoms with Crippen LogP contribution in [0.4, 0.5) is 0 Å². The molecular weight excluding hydrogens is 1110 g/mol. The predicted molar refractivity (Wildman–Crippen MR) is 336 cm³/mol. The molecule has 4 saturated heterocycles. The standard InChI is InChI=1S/C39H44O7.C35H36O7/c1-38(2,29-9-17-34(18-10-29)43-23-36-25-45-36)27-5-13-32(14-6-27)41-21-31(40)22-42-33-15-7-28(8-16-33)39(3,4)30-11-19-35(20-12-30)44-24-37-26-46-37;36-29(19-37-30-9-1-25(2-10-30)17-27-5-13-32(14-6-27)39-21-34-23-41-34)20-38-31-11-3-26(4-12-31)18-28-7-15-33(16-8-28)40-22-35-24-42-35/h5-20,31,36-37,40H,21-26H2,1-4H3;1-16,29,34-36H,17-24H2. The highest BCUT2D eigenvalue weighted by molar-refractivity contribution is 5.44. The summed E-state index contributed by atoms with van der Waals surface area (Å²) in [6.07, 6.45) is 1.11. The third-order valence-corrected chi connectivity index (χ3v) is 15.9. The summed E-state index contributed by atoms with van der Waals surface area (Å²) in [5.41, 5.74) is 9.11. The molecule has 8 aromatic carbocycles. The van der Waals surface area contributed by atoms with Crippen molar-refractivity contribution in [3.8, 4) is 46.0 Å². The topological polar surface area (TPSA) is 164 Å². The van der Waals surface area contributed by atoms with Gasteiger partial charge in [0.2, 0.25) is 0 Å². The van der Waals surface area contributed by atoms with Gasteiger partial charge in [0.1, 0.15) is 135 Å². The SMILES string of the molecule is CC(C)(c1ccc(OCC(O)COc2ccc(C(C)(C)c3ccc(OCC4CO4)cc3)cc2)cc1)c1ccc(OCC2CO2)cc1.OC(COc1ccc(Cc2ccc(OCC3CO3)cc2)cc1)COc1ccc(Cc2ccc(OCC3CO3)cc2)cc1. The van der Waals surface area contributed by atoms with Crippen molar-refractivity contribution in [2.24, 2.45) is 0 Å². The van der Waals surface area contributed by atoms with Gasteiger partial charge in [-0.1, -0.05) is 125 Å². The van der Waals surface area contributed by atoms with Gasteiger partial charge in [-0.15, -0.1) is 0 Å². The Labute approximate surface area is 516 Å². The highest BCUT2D eigenvalue weighted by Crippen LogP contribution is 2.36. The van der Waals surface area contributed by atoms with Gasteiger partial charge in [-0.05, 0) is 154 Å². The third-order valence-electron chi connectivity index (χ3n) is 15.9. The quantitative estimate of drug-likeness (QED) is 0.0383. The zero-order valence-corrected chi connectivity index (χ0v) is 50.6. The molecule has 0 saturated carbocycles. The summed E-state index contributed by atoms with van der Waals surface area (Å²) in [6, 6.07) is 64.8. The summed E-state index contributed by atoms with van der Waals surface area (Å²) in [4.78, 5) is 0. The predicted octanol–water partition coefficient (Wildman–Crippen LogP) is 12.0. The van der Waals surface area contributed by atoms with Crippen LogP contribution in [0.15, 0.2) is 194 Å². The van der Waals surface area contributed by atoms with Crippen LogP contribution < -0.4 is 37.9 Å². The van der Waals surface area contributed by atoms with E-state index in [0.29, 0.717) is 49.4 Å². The Morgan fingerprint density at radius 1 is 0.295 bits per heavy atom. The van der Waals surface area contributed by atoms with Crippen LogP contribution >= 0.6 is 0 Å². The lowest BCUT2D eigenvalue weighted by Gasteiger charge is -2.26. The number of epoxide rings is 4. The van der Waals surface area contributed by atoms with Gasteiger partial charge in [-0.3, -0.25) is 0 Å². The van der Waals surface area contributed by atoms with Gasteiger partial charge in [0, 0.05) is 10.8 Å². The number of hydrogen-bond donors (Lipinski definition) is 2. The second kappa shape index (κ2) is 29.3. The van der Waals surface area contributed by atoms with Crippen molar-refractivity contribution in [1.29, 1.82) is 0 Å². The first-order chi connectivity index (χ1) is 42.8. The second-order valence-electron chi connectivity index (χ2n) is 23.9. The average Bonchev–Trinajstić information content (AvgIpc) is 3.27. The molecule has 4 unspecified atom stereocenters. The number of aliphatic hydroxyl groups is 2. The Morgan fingerprint density at radius 2 is 0.466 bits per heavy atom. The van der Waals surface area contributed by atoms with Crippen LogP contribution in [0.3, 0.4) is 0 Å². The molecule has 4 aliphatic heterocycles. The number of benzene rings is 8. The second-order valence-corrected chi connectivity index (χ2v) is 23.9. The molecule has 460 valence electrons. The van der Waals surface area contributed by atoms with E-state index in [1.54, 1.807) is 0 Å². The molecule has 14 heteroatoms. The Bertz CT molecular complexity index is 3150. The van der Waals surface area contributed by atoms with Crippen molar-refractivity contribution in [3.05, 3.63) is 239 Å². The maximum atomic E-state index is 10.5. The van der Waals surface area contributed by atoms with Crippen LogP contribution in [-0.4, -0.2) is 126 Å². The molecule has 4 aliphatic rings. The molecule has 0 spiro atoms. The molecule has 0 radical (unpaired) electrons. The lowest BCUT2D eigenvalue weighted by molar-refractivity contribution is 0.0626. The smallest absolute Gasteiger partial charge is 0.122 e. The minimum atomic E-state index is -0.772. The zero-order valence-electron chi connectivity index (χ0n) is 50.6. The van der Waals surface area contributed by atoms with Crippen molar-refractivity contribution < 1.29 is 67.1 Å². The number of ether oxygens (including phenoxy) is 12. The van der Waals surface area contributed by atoms with Crippen LogP contribution in [-0.2, 0) is 42.6 Å². The lowest BCUT2D eigenvalue weighted by Crippen LogP contribution is -2.25. The molecular formula is C74H80O14. The van der Waals surface area contributed by atoms with Crippen molar-refractivity contribution in [3.63, 3.8) is 0 Å². The van der Waals surface area contributed by atoms with Gasteiger partial charge in [-0.25, -0.2) is 0 Å². The number of rotatable bonds is 32. The summed E-state index contributed by atoms with van der Waals surface area (Å²) in [7, 11) is 0. The number of aliphatic hydroxyl groups excluding tert-OH is 2. The van der Waals surface area contributed by atoms with E-state index in [9.17, 15) is 10.2 Å². The average molecular weight is 1190 g/mol. The van der Waals surface area contributed by atoms with E-state index >= 15 is 0 Å². The molecule has 0 aliphatic carbocycles. The molecule has 8 aromatic rings. The minimum Gasteiger partial charge on any atom is -0.491 e. The van der Waals surface area contributed by atoms with Gasteiger partial charge < -0.3 is 67.1 Å². The van der Waals surface area contributed by atoms with Gasteiger partial charge in [0.05, 0.1) is 26.4 Å². The Hall–Kier alpha value is -8.08. The largest absolute Gasteiger partial charge is 0.491 e. The van der Waals surface area contributed by atoms with E-state index in [0.717, 1.165) is 62.3 Å². The van der Waals surface area contributed by atoms with E-state index in [4.69, 9.17) is 56.8 Å². The van der Waals surface area contributed by atoms with E-state index in [2.05, 4.69) is 100 Å². The van der Waals surface area contributed by atoms with Crippen molar-refractivity contribution >= 4 is 0 Å². The van der Waals surface area contributed by atoms with Crippen molar-refractivity contribution in [2.75, 3.05) is 79.3 Å². The molecule has 0 bridgehead atoms. The van der Waals surface area contributed by atoms with Crippen molar-refractivity contribution in [2.45, 2.75) is 88.0 Å². The first kappa shape index (κ1) is 61.6. The number of hydrogen-bond acceptors (Lipinski definition) is 14. The summed E-state index contributed by atoms with van der Waals surface area (Å²) in [5.74, 6) is 6.26. The van der Waals surface area contributed by atoms with E-state index in [-0.39, 0.29) is 61.7 Å². The van der Waals surface area contributed by atoms with E-state index in [1.165, 1.54) is 44.5 Å². The van der Waals surface area contributed by atoms with Gasteiger partial charge in [0.15, 0.2) is 0 Å². The lowest BCUT2D eigenvalue weighted by atomic mass is 9.78. The zero-order chi connectivity index (χ0) is 60.7. The van der Waals surface area contributed by atoms with E-state index in [1.807, 2.05) is 121 Å². The van der Waals surface area contributed by atoms with Crippen LogP contribution in [0.1, 0.15) is 72.2 Å². The molecule has 12 rings (SSSR count). The maximum absolute atomic E-state index is 10.5. The Morgan fingerprint density at radius 3 is 0.648 bits per heavy atom. The van der Waals surface area contributed by atoms with Crippen LogP contribution in [0.25, 0.3) is 0 Å². The molecule has 0 amide bonds. The highest BCUT2D eigenvalue weighted by Gasteiger charge is 2.28. The molecule has 4 heterocycles. The van der Waals surface area contributed by atoms with Gasteiger partial charge >= 0.3 is 0 Å². The molecule has 4 atom stereocenters. The molecule has 88 heavy (non-hydrogen) atoms. The van der Waals surface area contributed by atoms with Crippen LogP contribution in [0, 0.1) is 0 Å². The fourth-order valence-electron chi connectivity index (χ4n) is 9.77. The summed E-state index contributed by atoms with van der Waals surface area (Å²) < 4.78 is 67.0. The fourth-order valence-corrected chi connectivity index (χ4v) is 9.77. The Kier molecular flexibility index (Phi) is 20.5. The van der Waals surface area contributed by atoms with Crippen LogP contribution in [0.5, 0.6) is 46.0 Å². The molecule has 2 N–H and O–H groups in total. The summed E-state index contributed by atoms with van der Waals surface area (Å²) in [6.45, 7) is 15.0. The van der Waals surface area contributed by atoms with Crippen LogP contribution in [0.2, 0.25) is 0 Å². The summed E-state index contributed by atoms with van der Waals surface area (Å²) in [5, 5.41) is 20.9. The third kappa shape index (κ3) is 19.0. The highest BCUT2D eigenvalue weighted by atomic mass is 16.6.